The number of nitrogens with one attached hydrogen (secondary N) is 1. The Morgan fingerprint density at radius 1 is 1.07 bits per heavy atom. The molecule has 4 aromatic rings. The van der Waals surface area contributed by atoms with Crippen LogP contribution in [-0.4, -0.2) is 36.0 Å². The highest BCUT2D eigenvalue weighted by atomic mass is 19.3. The van der Waals surface area contributed by atoms with Gasteiger partial charge < -0.3 is 5.32 Å². The molecule has 0 aliphatic carbocycles. The fourth-order valence-corrected chi connectivity index (χ4v) is 2.67. The topological polar surface area (TPSA) is 73.5 Å². The Labute approximate surface area is 155 Å². The third kappa shape index (κ3) is 3.77. The van der Waals surface area contributed by atoms with Crippen molar-refractivity contribution in [3.63, 3.8) is 0 Å². The maximum Gasteiger partial charge on any atom is 0.257 e. The minimum Gasteiger partial charge on any atom is -0.321 e. The second-order valence-corrected chi connectivity index (χ2v) is 5.98. The van der Waals surface area contributed by atoms with Gasteiger partial charge >= 0.3 is 0 Å². The van der Waals surface area contributed by atoms with Gasteiger partial charge in [-0.25, -0.2) is 27.2 Å². The summed E-state index contributed by atoms with van der Waals surface area (Å²) in [5, 5.41) is 11.4. The maximum absolute atomic E-state index is 13.9. The summed E-state index contributed by atoms with van der Waals surface area (Å²) in [7, 11) is 0. The molecular formula is C17H13F4N7. The van der Waals surface area contributed by atoms with E-state index in [1.165, 1.54) is 29.5 Å². The summed E-state index contributed by atoms with van der Waals surface area (Å²) in [5.74, 6) is -0.917. The highest BCUT2D eigenvalue weighted by Gasteiger charge is 2.12. The summed E-state index contributed by atoms with van der Waals surface area (Å²) in [4.78, 5) is 8.46. The predicted molar refractivity (Wildman–Crippen MR) is 92.3 cm³/mol. The Balaban J connectivity index is 1.59. The predicted octanol–water partition coefficient (Wildman–Crippen LogP) is 3.36. The van der Waals surface area contributed by atoms with Crippen LogP contribution in [0.2, 0.25) is 0 Å². The number of halogens is 4. The van der Waals surface area contributed by atoms with Gasteiger partial charge in [-0.1, -0.05) is 0 Å². The highest BCUT2D eigenvalue weighted by Crippen LogP contribution is 2.18. The Morgan fingerprint density at radius 2 is 1.93 bits per heavy atom. The van der Waals surface area contributed by atoms with Crippen LogP contribution in [0.25, 0.3) is 11.0 Å². The maximum atomic E-state index is 13.9. The Morgan fingerprint density at radius 3 is 2.75 bits per heavy atom. The number of nitrogens with zero attached hydrogens (tertiary/aromatic N) is 6. The SMILES string of the molecule is Fc1ccc(F)c(Cn2ncc3cnc(Nc4cnn(CC(F)F)c4)nc32)c1. The molecule has 0 atom stereocenters. The molecule has 144 valence electrons. The molecule has 11 heteroatoms. The van der Waals surface area contributed by atoms with Crippen molar-refractivity contribution in [1.82, 2.24) is 29.5 Å². The first kappa shape index (κ1) is 17.9. The van der Waals surface area contributed by atoms with E-state index in [0.717, 1.165) is 22.9 Å². The summed E-state index contributed by atoms with van der Waals surface area (Å²) in [6.45, 7) is -0.538. The number of alkyl halides is 2. The molecule has 0 fully saturated rings. The number of benzene rings is 1. The number of hydrogen-bond donors (Lipinski definition) is 1. The van der Waals surface area contributed by atoms with E-state index in [9.17, 15) is 17.6 Å². The first-order valence-electron chi connectivity index (χ1n) is 8.18. The van der Waals surface area contributed by atoms with Gasteiger partial charge in [-0.3, -0.25) is 4.68 Å². The van der Waals surface area contributed by atoms with Gasteiger partial charge in [-0.05, 0) is 18.2 Å². The second-order valence-electron chi connectivity index (χ2n) is 5.98. The second kappa shape index (κ2) is 7.25. The highest BCUT2D eigenvalue weighted by molar-refractivity contribution is 5.75. The fraction of sp³-hybridized carbons (Fsp3) is 0.176. The zero-order valence-corrected chi connectivity index (χ0v) is 14.2. The standard InChI is InChI=1S/C17H13F4N7/c18-12-1-2-14(19)10(3-12)7-28-16-11(5-24-28)4-22-17(26-16)25-13-6-23-27(8-13)9-15(20)21/h1-6,8,15H,7,9H2,(H,22,25,26). The lowest BCUT2D eigenvalue weighted by Gasteiger charge is -2.06. The molecule has 0 aliphatic rings. The van der Waals surface area contributed by atoms with Gasteiger partial charge in [0.15, 0.2) is 5.65 Å². The molecule has 0 amide bonds. The van der Waals surface area contributed by atoms with Crippen molar-refractivity contribution in [1.29, 1.82) is 0 Å². The van der Waals surface area contributed by atoms with E-state index in [1.807, 2.05) is 0 Å². The third-order valence-electron chi connectivity index (χ3n) is 3.92. The number of anilines is 2. The molecule has 0 radical (unpaired) electrons. The molecule has 4 rings (SSSR count). The number of fused-ring (bicyclic) bond motifs is 1. The summed E-state index contributed by atoms with van der Waals surface area (Å²) in [6, 6.07) is 3.19. The van der Waals surface area contributed by atoms with Crippen LogP contribution in [0, 0.1) is 11.6 Å². The molecular weight excluding hydrogens is 378 g/mol. The minimum atomic E-state index is -2.52. The van der Waals surface area contributed by atoms with Crippen molar-refractivity contribution in [2.75, 3.05) is 5.32 Å². The summed E-state index contributed by atoms with van der Waals surface area (Å²) in [6.07, 6.45) is 3.28. The summed E-state index contributed by atoms with van der Waals surface area (Å²) in [5.41, 5.74) is 0.967. The minimum absolute atomic E-state index is 0.0180. The van der Waals surface area contributed by atoms with Gasteiger partial charge in [0.25, 0.3) is 6.43 Å². The molecule has 1 aromatic carbocycles. The van der Waals surface area contributed by atoms with E-state index in [1.54, 1.807) is 0 Å². The summed E-state index contributed by atoms with van der Waals surface area (Å²) < 4.78 is 54.6. The van der Waals surface area contributed by atoms with E-state index < -0.39 is 24.6 Å². The molecule has 3 aromatic heterocycles. The van der Waals surface area contributed by atoms with Crippen molar-refractivity contribution in [2.24, 2.45) is 0 Å². The zero-order chi connectivity index (χ0) is 19.7. The van der Waals surface area contributed by atoms with E-state index in [-0.39, 0.29) is 18.1 Å². The monoisotopic (exact) mass is 391 g/mol. The van der Waals surface area contributed by atoms with Crippen molar-refractivity contribution in [3.05, 3.63) is 60.2 Å². The number of hydrogen-bond acceptors (Lipinski definition) is 5. The van der Waals surface area contributed by atoms with Crippen LogP contribution < -0.4 is 5.32 Å². The van der Waals surface area contributed by atoms with Crippen LogP contribution in [0.3, 0.4) is 0 Å². The number of rotatable bonds is 6. The quantitative estimate of drug-likeness (QED) is 0.511. The van der Waals surface area contributed by atoms with Crippen LogP contribution >= 0.6 is 0 Å². The molecule has 0 aliphatic heterocycles. The van der Waals surface area contributed by atoms with Gasteiger partial charge in [0, 0.05) is 18.0 Å². The first-order chi connectivity index (χ1) is 13.5. The van der Waals surface area contributed by atoms with Crippen LogP contribution in [-0.2, 0) is 13.1 Å². The first-order valence-corrected chi connectivity index (χ1v) is 8.18. The normalized spacial score (nSPS) is 11.5. The Bertz CT molecular complexity index is 1120. The van der Waals surface area contributed by atoms with Crippen LogP contribution in [0.15, 0.2) is 43.0 Å². The average molecular weight is 391 g/mol. The largest absolute Gasteiger partial charge is 0.321 e. The molecule has 0 unspecified atom stereocenters. The van der Waals surface area contributed by atoms with Crippen molar-refractivity contribution < 1.29 is 17.6 Å². The van der Waals surface area contributed by atoms with Crippen LogP contribution in [0.4, 0.5) is 29.2 Å². The molecule has 0 spiro atoms. The van der Waals surface area contributed by atoms with Crippen molar-refractivity contribution in [3.8, 4) is 0 Å². The Kier molecular flexibility index (Phi) is 4.63. The van der Waals surface area contributed by atoms with E-state index in [2.05, 4.69) is 25.5 Å². The molecule has 0 saturated heterocycles. The molecule has 3 heterocycles. The van der Waals surface area contributed by atoms with Gasteiger partial charge in [0.05, 0.1) is 30.0 Å². The number of aromatic nitrogens is 6. The molecule has 0 saturated carbocycles. The van der Waals surface area contributed by atoms with Gasteiger partial charge in [0.1, 0.15) is 18.2 Å². The summed E-state index contributed by atoms with van der Waals surface area (Å²) >= 11 is 0. The lowest BCUT2D eigenvalue weighted by atomic mass is 10.2. The van der Waals surface area contributed by atoms with Gasteiger partial charge in [-0.2, -0.15) is 15.2 Å². The smallest absolute Gasteiger partial charge is 0.257 e. The van der Waals surface area contributed by atoms with Crippen LogP contribution in [0.5, 0.6) is 0 Å². The molecule has 1 N–H and O–H groups in total. The lowest BCUT2D eigenvalue weighted by Crippen LogP contribution is -2.07. The lowest BCUT2D eigenvalue weighted by molar-refractivity contribution is 0.122. The van der Waals surface area contributed by atoms with Crippen molar-refractivity contribution in [2.45, 2.75) is 19.5 Å². The van der Waals surface area contributed by atoms with E-state index >= 15 is 0 Å². The van der Waals surface area contributed by atoms with E-state index in [4.69, 9.17) is 0 Å². The molecule has 28 heavy (non-hydrogen) atoms. The van der Waals surface area contributed by atoms with Gasteiger partial charge in [-0.15, -0.1) is 0 Å². The molecule has 0 bridgehead atoms. The Hall–Kier alpha value is -3.50. The van der Waals surface area contributed by atoms with Crippen LogP contribution in [0.1, 0.15) is 5.56 Å². The zero-order valence-electron chi connectivity index (χ0n) is 14.2. The molecule has 7 nitrogen and oxygen atoms in total. The fourth-order valence-electron chi connectivity index (χ4n) is 2.67. The third-order valence-corrected chi connectivity index (χ3v) is 3.92. The van der Waals surface area contributed by atoms with E-state index in [0.29, 0.717) is 16.7 Å². The average Bonchev–Trinajstić information content (AvgIpc) is 3.25. The van der Waals surface area contributed by atoms with Crippen molar-refractivity contribution >= 4 is 22.7 Å². The van der Waals surface area contributed by atoms with Gasteiger partial charge in [0.2, 0.25) is 5.95 Å².